The third kappa shape index (κ3) is 4.37. The highest BCUT2D eigenvalue weighted by Crippen LogP contribution is 2.17. The monoisotopic (exact) mass is 338 g/mol. The number of amides is 1. The van der Waals surface area contributed by atoms with Gasteiger partial charge in [0.05, 0.1) is 0 Å². The van der Waals surface area contributed by atoms with Crippen LogP contribution < -0.4 is 10.2 Å². The summed E-state index contributed by atoms with van der Waals surface area (Å²) >= 11 is 0. The molecule has 1 amide bonds. The molecule has 0 atom stereocenters. The van der Waals surface area contributed by atoms with Crippen molar-refractivity contribution in [3.63, 3.8) is 0 Å². The van der Waals surface area contributed by atoms with Gasteiger partial charge in [-0.15, -0.1) is 0 Å². The van der Waals surface area contributed by atoms with Crippen molar-refractivity contribution in [2.45, 2.75) is 20.4 Å². The van der Waals surface area contributed by atoms with Crippen LogP contribution >= 0.6 is 0 Å². The zero-order valence-corrected chi connectivity index (χ0v) is 15.0. The van der Waals surface area contributed by atoms with E-state index in [1.54, 1.807) is 6.20 Å². The topological polar surface area (TPSA) is 48.5 Å². The van der Waals surface area contributed by atoms with Crippen LogP contribution in [0.1, 0.15) is 28.5 Å². The summed E-state index contributed by atoms with van der Waals surface area (Å²) < 4.78 is 0. The smallest absolute Gasteiger partial charge is 0.270 e. The van der Waals surface area contributed by atoms with Crippen molar-refractivity contribution >= 4 is 11.6 Å². The van der Waals surface area contributed by atoms with Gasteiger partial charge in [-0.25, -0.2) is 0 Å². The first-order valence-electron chi connectivity index (χ1n) is 8.93. The molecule has 3 rings (SSSR count). The Morgan fingerprint density at radius 2 is 1.92 bits per heavy atom. The molecule has 1 N–H and O–H groups in total. The molecule has 0 radical (unpaired) electrons. The molecular weight excluding hydrogens is 312 g/mol. The highest BCUT2D eigenvalue weighted by Gasteiger charge is 2.17. The fourth-order valence-electron chi connectivity index (χ4n) is 3.14. The molecule has 132 valence electrons. The number of aryl methyl sites for hydroxylation is 1. The third-order valence-corrected chi connectivity index (χ3v) is 4.86. The Morgan fingerprint density at radius 1 is 1.16 bits per heavy atom. The lowest BCUT2D eigenvalue weighted by atomic mass is 10.1. The molecule has 1 aliphatic heterocycles. The summed E-state index contributed by atoms with van der Waals surface area (Å²) in [4.78, 5) is 21.5. The first-order chi connectivity index (χ1) is 12.2. The minimum absolute atomic E-state index is 0.128. The highest BCUT2D eigenvalue weighted by molar-refractivity contribution is 5.93. The molecule has 25 heavy (non-hydrogen) atoms. The van der Waals surface area contributed by atoms with Crippen LogP contribution in [0.4, 0.5) is 5.69 Å². The number of nitrogens with one attached hydrogen (secondary N) is 1. The lowest BCUT2D eigenvalue weighted by Crippen LogP contribution is -2.46. The van der Waals surface area contributed by atoms with E-state index in [1.807, 2.05) is 30.3 Å². The molecule has 2 heterocycles. The van der Waals surface area contributed by atoms with Crippen LogP contribution in [0.25, 0.3) is 0 Å². The standard InChI is InChI=1S/C20H26N4O/c1-3-23-10-12-24(13-11-23)18-8-9-21-19(14-18)20(25)22-15-17-7-5-4-6-16(17)2/h4-9,14H,3,10-13,15H2,1-2H3,(H,22,25). The SMILES string of the molecule is CCN1CCN(c2ccnc(C(=O)NCc3ccccc3C)c2)CC1. The van der Waals surface area contributed by atoms with Gasteiger partial charge in [-0.1, -0.05) is 31.2 Å². The number of hydrogen-bond acceptors (Lipinski definition) is 4. The average molecular weight is 338 g/mol. The fraction of sp³-hybridized carbons (Fsp3) is 0.400. The summed E-state index contributed by atoms with van der Waals surface area (Å²) in [7, 11) is 0. The van der Waals surface area contributed by atoms with Crippen molar-refractivity contribution in [1.82, 2.24) is 15.2 Å². The fourth-order valence-corrected chi connectivity index (χ4v) is 3.14. The summed E-state index contributed by atoms with van der Waals surface area (Å²) in [5, 5.41) is 2.97. The summed E-state index contributed by atoms with van der Waals surface area (Å²) in [5.41, 5.74) is 3.86. The number of piperazine rings is 1. The van der Waals surface area contributed by atoms with Gasteiger partial charge in [0.2, 0.25) is 0 Å². The van der Waals surface area contributed by atoms with Crippen molar-refractivity contribution in [3.8, 4) is 0 Å². The van der Waals surface area contributed by atoms with E-state index < -0.39 is 0 Å². The van der Waals surface area contributed by atoms with Crippen molar-refractivity contribution in [2.75, 3.05) is 37.6 Å². The maximum Gasteiger partial charge on any atom is 0.270 e. The van der Waals surface area contributed by atoms with E-state index in [1.165, 1.54) is 5.56 Å². The number of aromatic nitrogens is 1. The summed E-state index contributed by atoms with van der Waals surface area (Å²) in [5.74, 6) is -0.128. The number of carbonyl (C=O) groups is 1. The Hall–Kier alpha value is -2.40. The van der Waals surface area contributed by atoms with Gasteiger partial charge in [-0.2, -0.15) is 0 Å². The molecule has 5 heteroatoms. The predicted octanol–water partition coefficient (Wildman–Crippen LogP) is 2.46. The maximum absolute atomic E-state index is 12.5. The van der Waals surface area contributed by atoms with Crippen molar-refractivity contribution in [3.05, 3.63) is 59.4 Å². The number of nitrogens with zero attached hydrogens (tertiary/aromatic N) is 3. The lowest BCUT2D eigenvalue weighted by Gasteiger charge is -2.35. The molecule has 2 aromatic rings. The zero-order valence-electron chi connectivity index (χ0n) is 15.0. The van der Waals surface area contributed by atoms with Crippen LogP contribution in [0, 0.1) is 6.92 Å². The number of rotatable bonds is 5. The van der Waals surface area contributed by atoms with Crippen molar-refractivity contribution in [2.24, 2.45) is 0 Å². The van der Waals surface area contributed by atoms with Gasteiger partial charge in [-0.3, -0.25) is 9.78 Å². The predicted molar refractivity (Wildman–Crippen MR) is 101 cm³/mol. The first kappa shape index (κ1) is 17.4. The van der Waals surface area contributed by atoms with E-state index >= 15 is 0 Å². The van der Waals surface area contributed by atoms with Crippen LogP contribution in [0.3, 0.4) is 0 Å². The number of benzene rings is 1. The lowest BCUT2D eigenvalue weighted by molar-refractivity contribution is 0.0946. The maximum atomic E-state index is 12.5. The number of pyridine rings is 1. The van der Waals surface area contributed by atoms with E-state index in [0.717, 1.165) is 44.0 Å². The average Bonchev–Trinajstić information content (AvgIpc) is 2.67. The Balaban J connectivity index is 1.63. The highest BCUT2D eigenvalue weighted by atomic mass is 16.1. The van der Waals surface area contributed by atoms with E-state index in [2.05, 4.69) is 40.0 Å². The van der Waals surface area contributed by atoms with Crippen LogP contribution in [0.2, 0.25) is 0 Å². The largest absolute Gasteiger partial charge is 0.369 e. The third-order valence-electron chi connectivity index (χ3n) is 4.86. The van der Waals surface area contributed by atoms with Crippen molar-refractivity contribution < 1.29 is 4.79 Å². The molecule has 1 aromatic carbocycles. The van der Waals surface area contributed by atoms with E-state index in [-0.39, 0.29) is 5.91 Å². The summed E-state index contributed by atoms with van der Waals surface area (Å²) in [6.07, 6.45) is 1.73. The minimum atomic E-state index is -0.128. The first-order valence-corrected chi connectivity index (χ1v) is 8.93. The van der Waals surface area contributed by atoms with Gasteiger partial charge in [0.25, 0.3) is 5.91 Å². The summed E-state index contributed by atoms with van der Waals surface area (Å²) in [6.45, 7) is 9.96. The van der Waals surface area contributed by atoms with Crippen LogP contribution in [-0.2, 0) is 6.54 Å². The zero-order chi connectivity index (χ0) is 17.6. The van der Waals surface area contributed by atoms with Gasteiger partial charge in [-0.05, 0) is 36.7 Å². The Bertz CT molecular complexity index is 723. The molecule has 0 spiro atoms. The second-order valence-corrected chi connectivity index (χ2v) is 6.43. The Morgan fingerprint density at radius 3 is 2.64 bits per heavy atom. The number of likely N-dealkylation sites (N-methyl/N-ethyl adjacent to an activating group) is 1. The normalized spacial score (nSPS) is 15.2. The van der Waals surface area contributed by atoms with Crippen LogP contribution in [0.5, 0.6) is 0 Å². The van der Waals surface area contributed by atoms with Crippen LogP contribution in [0.15, 0.2) is 42.6 Å². The molecule has 1 aliphatic rings. The van der Waals surface area contributed by atoms with Gasteiger partial charge in [0.15, 0.2) is 0 Å². The summed E-state index contributed by atoms with van der Waals surface area (Å²) in [6, 6.07) is 12.0. The Labute approximate surface area is 149 Å². The van der Waals surface area contributed by atoms with Gasteiger partial charge in [0, 0.05) is 44.6 Å². The molecule has 0 aliphatic carbocycles. The molecular formula is C20H26N4O. The number of hydrogen-bond donors (Lipinski definition) is 1. The minimum Gasteiger partial charge on any atom is -0.369 e. The quantitative estimate of drug-likeness (QED) is 0.910. The van der Waals surface area contributed by atoms with E-state index in [4.69, 9.17) is 0 Å². The van der Waals surface area contributed by atoms with Crippen LogP contribution in [-0.4, -0.2) is 48.5 Å². The van der Waals surface area contributed by atoms with E-state index in [9.17, 15) is 4.79 Å². The molecule has 1 saturated heterocycles. The van der Waals surface area contributed by atoms with E-state index in [0.29, 0.717) is 12.2 Å². The van der Waals surface area contributed by atoms with Gasteiger partial charge in [0.1, 0.15) is 5.69 Å². The second-order valence-electron chi connectivity index (χ2n) is 6.43. The number of anilines is 1. The molecule has 0 saturated carbocycles. The van der Waals surface area contributed by atoms with Gasteiger partial charge >= 0.3 is 0 Å². The Kier molecular flexibility index (Phi) is 5.66. The molecule has 1 fully saturated rings. The molecule has 0 unspecified atom stereocenters. The van der Waals surface area contributed by atoms with Gasteiger partial charge < -0.3 is 15.1 Å². The molecule has 0 bridgehead atoms. The second kappa shape index (κ2) is 8.12. The van der Waals surface area contributed by atoms with Crippen molar-refractivity contribution in [1.29, 1.82) is 0 Å². The number of carbonyl (C=O) groups excluding carboxylic acids is 1. The molecule has 1 aromatic heterocycles. The molecule has 5 nitrogen and oxygen atoms in total.